The van der Waals surface area contributed by atoms with Crippen molar-refractivity contribution < 1.29 is 14.6 Å². The van der Waals surface area contributed by atoms with Gasteiger partial charge in [0.2, 0.25) is 0 Å². The van der Waals surface area contributed by atoms with Gasteiger partial charge in [-0.1, -0.05) is 11.6 Å². The minimum atomic E-state index is -0.789. The monoisotopic (exact) mass is 284 g/mol. The maximum Gasteiger partial charge on any atom is 0.326 e. The molecule has 2 aliphatic heterocycles. The Balaban J connectivity index is 2.02. The highest BCUT2D eigenvalue weighted by atomic mass is 35.5. The second-order valence-corrected chi connectivity index (χ2v) is 5.57. The van der Waals surface area contributed by atoms with Gasteiger partial charge in [0.05, 0.1) is 5.69 Å². The van der Waals surface area contributed by atoms with Gasteiger partial charge >= 0.3 is 5.97 Å². The molecule has 1 saturated heterocycles. The maximum atomic E-state index is 11.4. The molecule has 1 aromatic heterocycles. The van der Waals surface area contributed by atoms with Crippen molar-refractivity contribution in [3.05, 3.63) is 16.7 Å². The van der Waals surface area contributed by atoms with Crippen LogP contribution in [0.1, 0.15) is 49.2 Å². The van der Waals surface area contributed by atoms with E-state index in [-0.39, 0.29) is 5.92 Å². The lowest BCUT2D eigenvalue weighted by molar-refractivity contribution is -0.141. The number of rotatable bonds is 2. The van der Waals surface area contributed by atoms with E-state index in [1.165, 1.54) is 0 Å². The SMILES string of the molecule is O=C(O)C1CCCc2c(Cl)nc(C3CCOCC3)n21. The predicted octanol–water partition coefficient (Wildman–Crippen LogP) is 2.39. The summed E-state index contributed by atoms with van der Waals surface area (Å²) in [6.45, 7) is 1.42. The molecule has 0 saturated carbocycles. The molecule has 3 rings (SSSR count). The average molecular weight is 285 g/mol. The average Bonchev–Trinajstić information content (AvgIpc) is 2.77. The number of carbonyl (C=O) groups is 1. The Labute approximate surface area is 116 Å². The molecule has 0 aliphatic carbocycles. The molecule has 0 radical (unpaired) electrons. The highest BCUT2D eigenvalue weighted by molar-refractivity contribution is 6.30. The van der Waals surface area contributed by atoms with Crippen molar-refractivity contribution in [3.8, 4) is 0 Å². The van der Waals surface area contributed by atoms with E-state index in [1.807, 2.05) is 4.57 Å². The zero-order valence-corrected chi connectivity index (χ0v) is 11.4. The van der Waals surface area contributed by atoms with Gasteiger partial charge < -0.3 is 14.4 Å². The van der Waals surface area contributed by atoms with Crippen LogP contribution >= 0.6 is 11.6 Å². The summed E-state index contributed by atoms with van der Waals surface area (Å²) < 4.78 is 7.24. The van der Waals surface area contributed by atoms with Gasteiger partial charge in [-0.15, -0.1) is 0 Å². The van der Waals surface area contributed by atoms with Crippen molar-refractivity contribution in [1.29, 1.82) is 0 Å². The zero-order chi connectivity index (χ0) is 13.4. The Kier molecular flexibility index (Phi) is 3.50. The van der Waals surface area contributed by atoms with Crippen molar-refractivity contribution in [2.24, 2.45) is 0 Å². The lowest BCUT2D eigenvalue weighted by Gasteiger charge is -2.28. The standard InChI is InChI=1S/C13H17ClN2O3/c14-11-9-2-1-3-10(13(17)18)16(9)12(15-11)8-4-6-19-7-5-8/h8,10H,1-7H2,(H,17,18). The van der Waals surface area contributed by atoms with Crippen LogP contribution in [0.25, 0.3) is 0 Å². The maximum absolute atomic E-state index is 11.4. The molecule has 1 atom stereocenters. The fourth-order valence-corrected chi connectivity index (χ4v) is 3.37. The normalized spacial score (nSPS) is 24.2. The van der Waals surface area contributed by atoms with Crippen molar-refractivity contribution in [1.82, 2.24) is 9.55 Å². The number of ether oxygens (including phenoxy) is 1. The summed E-state index contributed by atoms with van der Waals surface area (Å²) in [5.41, 5.74) is 0.891. The van der Waals surface area contributed by atoms with Gasteiger partial charge in [-0.2, -0.15) is 0 Å². The molecule has 6 heteroatoms. The summed E-state index contributed by atoms with van der Waals surface area (Å²) in [4.78, 5) is 15.9. The van der Waals surface area contributed by atoms with Crippen molar-refractivity contribution in [2.45, 2.75) is 44.1 Å². The first-order valence-corrected chi connectivity index (χ1v) is 7.13. The second-order valence-electron chi connectivity index (χ2n) is 5.21. The molecule has 5 nitrogen and oxygen atoms in total. The first kappa shape index (κ1) is 12.9. The van der Waals surface area contributed by atoms with Gasteiger partial charge in [-0.3, -0.25) is 0 Å². The largest absolute Gasteiger partial charge is 0.480 e. The summed E-state index contributed by atoms with van der Waals surface area (Å²) in [7, 11) is 0. The van der Waals surface area contributed by atoms with E-state index in [0.717, 1.165) is 37.2 Å². The van der Waals surface area contributed by atoms with E-state index in [4.69, 9.17) is 16.3 Å². The number of carboxylic acid groups (broad SMARTS) is 1. The number of halogens is 1. The van der Waals surface area contributed by atoms with E-state index >= 15 is 0 Å². The number of aromatic nitrogens is 2. The van der Waals surface area contributed by atoms with Crippen LogP contribution in [0.4, 0.5) is 0 Å². The molecule has 0 spiro atoms. The molecule has 0 bridgehead atoms. The summed E-state index contributed by atoms with van der Waals surface area (Å²) in [5.74, 6) is 0.318. The number of hydrogen-bond acceptors (Lipinski definition) is 3. The quantitative estimate of drug-likeness (QED) is 0.906. The number of nitrogens with zero attached hydrogens (tertiary/aromatic N) is 2. The number of hydrogen-bond donors (Lipinski definition) is 1. The van der Waals surface area contributed by atoms with E-state index < -0.39 is 12.0 Å². The van der Waals surface area contributed by atoms with Crippen LogP contribution in [0, 0.1) is 0 Å². The lowest BCUT2D eigenvalue weighted by atomic mass is 9.97. The Morgan fingerprint density at radius 1 is 1.37 bits per heavy atom. The number of imidazole rings is 1. The number of fused-ring (bicyclic) bond motifs is 1. The molecule has 1 N–H and O–H groups in total. The molecule has 19 heavy (non-hydrogen) atoms. The second kappa shape index (κ2) is 5.13. The minimum Gasteiger partial charge on any atom is -0.480 e. The molecule has 1 fully saturated rings. The van der Waals surface area contributed by atoms with Crippen LogP contribution in [0.3, 0.4) is 0 Å². The van der Waals surface area contributed by atoms with Crippen LogP contribution in [-0.4, -0.2) is 33.8 Å². The Morgan fingerprint density at radius 3 is 2.79 bits per heavy atom. The van der Waals surface area contributed by atoms with Crippen molar-refractivity contribution in [3.63, 3.8) is 0 Å². The molecule has 0 amide bonds. The zero-order valence-electron chi connectivity index (χ0n) is 10.6. The highest BCUT2D eigenvalue weighted by Gasteiger charge is 2.33. The lowest BCUT2D eigenvalue weighted by Crippen LogP contribution is -2.28. The van der Waals surface area contributed by atoms with Crippen LogP contribution in [0.15, 0.2) is 0 Å². The first-order chi connectivity index (χ1) is 9.18. The Hall–Kier alpha value is -1.07. The number of aliphatic carboxylic acids is 1. The molecule has 3 heterocycles. The molecule has 104 valence electrons. The van der Waals surface area contributed by atoms with Crippen molar-refractivity contribution >= 4 is 17.6 Å². The van der Waals surface area contributed by atoms with E-state index in [9.17, 15) is 9.90 Å². The van der Waals surface area contributed by atoms with Gasteiger partial charge in [0, 0.05) is 19.1 Å². The first-order valence-electron chi connectivity index (χ1n) is 6.75. The van der Waals surface area contributed by atoms with E-state index in [1.54, 1.807) is 0 Å². The Morgan fingerprint density at radius 2 is 2.11 bits per heavy atom. The highest BCUT2D eigenvalue weighted by Crippen LogP contribution is 2.36. The van der Waals surface area contributed by atoms with Crippen molar-refractivity contribution in [2.75, 3.05) is 13.2 Å². The fourth-order valence-electron chi connectivity index (χ4n) is 3.10. The summed E-state index contributed by atoms with van der Waals surface area (Å²) in [6.07, 6.45) is 4.11. The van der Waals surface area contributed by atoms with Crippen LogP contribution < -0.4 is 0 Å². The van der Waals surface area contributed by atoms with Gasteiger partial charge in [0.25, 0.3) is 0 Å². The third kappa shape index (κ3) is 2.25. The Bertz CT molecular complexity index is 494. The van der Waals surface area contributed by atoms with Gasteiger partial charge in [-0.25, -0.2) is 9.78 Å². The van der Waals surface area contributed by atoms with Crippen LogP contribution in [0.2, 0.25) is 5.15 Å². The molecule has 2 aliphatic rings. The van der Waals surface area contributed by atoms with Crippen LogP contribution in [0.5, 0.6) is 0 Å². The molecular weight excluding hydrogens is 268 g/mol. The predicted molar refractivity (Wildman–Crippen MR) is 69.6 cm³/mol. The summed E-state index contributed by atoms with van der Waals surface area (Å²) in [6, 6.07) is -0.512. The molecule has 1 unspecified atom stereocenters. The van der Waals surface area contributed by atoms with Gasteiger partial charge in [-0.05, 0) is 32.1 Å². The minimum absolute atomic E-state index is 0.264. The van der Waals surface area contributed by atoms with Crippen LogP contribution in [-0.2, 0) is 16.0 Å². The van der Waals surface area contributed by atoms with Gasteiger partial charge in [0.1, 0.15) is 11.9 Å². The fraction of sp³-hybridized carbons (Fsp3) is 0.692. The third-order valence-corrected chi connectivity index (χ3v) is 4.37. The summed E-state index contributed by atoms with van der Waals surface area (Å²) >= 11 is 6.20. The smallest absolute Gasteiger partial charge is 0.326 e. The van der Waals surface area contributed by atoms with E-state index in [2.05, 4.69) is 4.98 Å². The third-order valence-electron chi connectivity index (χ3n) is 4.06. The number of carboxylic acids is 1. The van der Waals surface area contributed by atoms with Gasteiger partial charge in [0.15, 0.2) is 5.15 Å². The molecule has 0 aromatic carbocycles. The molecular formula is C13H17ClN2O3. The topological polar surface area (TPSA) is 64.3 Å². The molecule has 1 aromatic rings. The van der Waals surface area contributed by atoms with E-state index in [0.29, 0.717) is 24.8 Å². The summed E-state index contributed by atoms with van der Waals surface area (Å²) in [5, 5.41) is 9.88.